The van der Waals surface area contributed by atoms with E-state index in [2.05, 4.69) is 4.74 Å². The molecule has 6 heteroatoms. The number of ether oxygens (including phenoxy) is 5. The number of carbonyl (C=O) groups is 1. The molecule has 1 unspecified atom stereocenters. The average Bonchev–Trinajstić information content (AvgIpc) is 2.81. The number of methoxy groups -OCH3 is 2. The van der Waals surface area contributed by atoms with E-state index in [0.717, 1.165) is 0 Å². The third kappa shape index (κ3) is 2.58. The van der Waals surface area contributed by atoms with E-state index in [1.54, 1.807) is 32.4 Å². The molecule has 1 atom stereocenters. The third-order valence-electron chi connectivity index (χ3n) is 2.45. The first kappa shape index (κ1) is 12.3. The van der Waals surface area contributed by atoms with Gasteiger partial charge in [0.1, 0.15) is 13.2 Å². The molecule has 0 bridgehead atoms. The van der Waals surface area contributed by atoms with Crippen LogP contribution in [0.3, 0.4) is 0 Å². The van der Waals surface area contributed by atoms with Gasteiger partial charge in [-0.3, -0.25) is 0 Å². The second-order valence-corrected chi connectivity index (χ2v) is 3.60. The molecule has 0 aliphatic carbocycles. The topological polar surface area (TPSA) is 63.2 Å². The number of hydrogen-bond acceptors (Lipinski definition) is 6. The van der Waals surface area contributed by atoms with E-state index in [-0.39, 0.29) is 13.2 Å². The molecule has 1 heterocycles. The van der Waals surface area contributed by atoms with E-state index in [4.69, 9.17) is 18.9 Å². The van der Waals surface area contributed by atoms with Crippen LogP contribution in [-0.2, 0) is 9.47 Å². The van der Waals surface area contributed by atoms with Gasteiger partial charge in [0.25, 0.3) is 0 Å². The fourth-order valence-corrected chi connectivity index (χ4v) is 1.58. The van der Waals surface area contributed by atoms with Gasteiger partial charge in [0.15, 0.2) is 17.6 Å². The number of hydrogen-bond donors (Lipinski definition) is 0. The SMILES string of the molecule is COc1cccc(OC)c1OCC1COC(=O)O1. The van der Waals surface area contributed by atoms with Crippen LogP contribution in [0.4, 0.5) is 4.79 Å². The summed E-state index contributed by atoms with van der Waals surface area (Å²) in [6, 6.07) is 5.31. The summed E-state index contributed by atoms with van der Waals surface area (Å²) in [5.74, 6) is 1.59. The minimum absolute atomic E-state index is 0.183. The van der Waals surface area contributed by atoms with Gasteiger partial charge in [-0.05, 0) is 12.1 Å². The van der Waals surface area contributed by atoms with E-state index in [0.29, 0.717) is 17.2 Å². The van der Waals surface area contributed by atoms with Crippen molar-refractivity contribution in [2.45, 2.75) is 6.10 Å². The molecule has 1 fully saturated rings. The number of carbonyl (C=O) groups excluding carboxylic acids is 1. The van der Waals surface area contributed by atoms with Gasteiger partial charge in [0.2, 0.25) is 5.75 Å². The molecule has 1 aromatic rings. The van der Waals surface area contributed by atoms with Gasteiger partial charge in [0.05, 0.1) is 14.2 Å². The van der Waals surface area contributed by atoms with Crippen LogP contribution in [0.25, 0.3) is 0 Å². The maximum Gasteiger partial charge on any atom is 0.508 e. The summed E-state index contributed by atoms with van der Waals surface area (Å²) < 4.78 is 25.5. The fraction of sp³-hybridized carbons (Fsp3) is 0.417. The second kappa shape index (κ2) is 5.48. The van der Waals surface area contributed by atoms with Crippen molar-refractivity contribution in [2.24, 2.45) is 0 Å². The van der Waals surface area contributed by atoms with Crippen molar-refractivity contribution in [2.75, 3.05) is 27.4 Å². The maximum absolute atomic E-state index is 10.8. The lowest BCUT2D eigenvalue weighted by Crippen LogP contribution is -2.20. The molecule has 0 radical (unpaired) electrons. The van der Waals surface area contributed by atoms with Gasteiger partial charge < -0.3 is 23.7 Å². The van der Waals surface area contributed by atoms with E-state index in [1.165, 1.54) is 0 Å². The van der Waals surface area contributed by atoms with Crippen LogP contribution in [-0.4, -0.2) is 39.7 Å². The lowest BCUT2D eigenvalue weighted by molar-refractivity contribution is 0.0966. The molecular formula is C12H14O6. The highest BCUT2D eigenvalue weighted by atomic mass is 16.8. The summed E-state index contributed by atoms with van der Waals surface area (Å²) in [7, 11) is 3.08. The van der Waals surface area contributed by atoms with Crippen LogP contribution >= 0.6 is 0 Å². The monoisotopic (exact) mass is 254 g/mol. The van der Waals surface area contributed by atoms with Crippen molar-refractivity contribution in [3.05, 3.63) is 18.2 Å². The highest BCUT2D eigenvalue weighted by Gasteiger charge is 2.26. The summed E-state index contributed by atoms with van der Waals surface area (Å²) in [6.07, 6.45) is -1.08. The Morgan fingerprint density at radius 2 is 1.94 bits per heavy atom. The lowest BCUT2D eigenvalue weighted by Gasteiger charge is -2.15. The molecule has 6 nitrogen and oxygen atoms in total. The summed E-state index contributed by atoms with van der Waals surface area (Å²) in [6.45, 7) is 0.374. The molecule has 0 N–H and O–H groups in total. The Labute approximate surface area is 104 Å². The van der Waals surface area contributed by atoms with Crippen molar-refractivity contribution in [3.63, 3.8) is 0 Å². The van der Waals surface area contributed by atoms with Crippen molar-refractivity contribution < 1.29 is 28.5 Å². The standard InChI is InChI=1S/C12H14O6/c1-14-9-4-3-5-10(15-2)11(9)16-6-8-7-17-12(13)18-8/h3-5,8H,6-7H2,1-2H3. The third-order valence-corrected chi connectivity index (χ3v) is 2.45. The molecule has 0 amide bonds. The first-order valence-electron chi connectivity index (χ1n) is 5.41. The summed E-state index contributed by atoms with van der Waals surface area (Å²) in [5.41, 5.74) is 0. The van der Waals surface area contributed by atoms with Crippen LogP contribution < -0.4 is 14.2 Å². The van der Waals surface area contributed by atoms with Gasteiger partial charge in [-0.2, -0.15) is 0 Å². The van der Waals surface area contributed by atoms with Crippen LogP contribution in [0.5, 0.6) is 17.2 Å². The van der Waals surface area contributed by atoms with E-state index >= 15 is 0 Å². The molecule has 1 aromatic carbocycles. The zero-order chi connectivity index (χ0) is 13.0. The maximum atomic E-state index is 10.8. The van der Waals surface area contributed by atoms with Gasteiger partial charge in [0, 0.05) is 0 Å². The molecule has 0 aromatic heterocycles. The van der Waals surface area contributed by atoms with Crippen LogP contribution in [0, 0.1) is 0 Å². The Balaban J connectivity index is 2.05. The van der Waals surface area contributed by atoms with Crippen LogP contribution in [0.2, 0.25) is 0 Å². The Morgan fingerprint density at radius 3 is 2.44 bits per heavy atom. The summed E-state index contributed by atoms with van der Waals surface area (Å²) >= 11 is 0. The first-order valence-corrected chi connectivity index (χ1v) is 5.41. The minimum Gasteiger partial charge on any atom is -0.493 e. The number of rotatable bonds is 5. The fourth-order valence-electron chi connectivity index (χ4n) is 1.58. The molecule has 2 rings (SSSR count). The van der Waals surface area contributed by atoms with Crippen LogP contribution in [0.1, 0.15) is 0 Å². The predicted molar refractivity (Wildman–Crippen MR) is 61.3 cm³/mol. The van der Waals surface area contributed by atoms with Gasteiger partial charge in [-0.15, -0.1) is 0 Å². The molecule has 0 spiro atoms. The normalized spacial score (nSPS) is 17.9. The van der Waals surface area contributed by atoms with Gasteiger partial charge in [-0.25, -0.2) is 4.79 Å². The predicted octanol–water partition coefficient (Wildman–Crippen LogP) is 1.62. The highest BCUT2D eigenvalue weighted by Crippen LogP contribution is 2.36. The van der Waals surface area contributed by atoms with Gasteiger partial charge in [-0.1, -0.05) is 6.07 Å². The number of para-hydroxylation sites is 1. The molecule has 1 aliphatic rings. The zero-order valence-electron chi connectivity index (χ0n) is 10.2. The van der Waals surface area contributed by atoms with E-state index in [9.17, 15) is 4.79 Å². The largest absolute Gasteiger partial charge is 0.508 e. The lowest BCUT2D eigenvalue weighted by atomic mass is 10.3. The van der Waals surface area contributed by atoms with Gasteiger partial charge >= 0.3 is 6.16 Å². The Hall–Kier alpha value is -2.11. The first-order chi connectivity index (χ1) is 8.74. The summed E-state index contributed by atoms with van der Waals surface area (Å²) in [4.78, 5) is 10.8. The smallest absolute Gasteiger partial charge is 0.493 e. The molecule has 1 saturated heterocycles. The van der Waals surface area contributed by atoms with Crippen LogP contribution in [0.15, 0.2) is 18.2 Å². The Morgan fingerprint density at radius 1 is 1.28 bits per heavy atom. The van der Waals surface area contributed by atoms with Crippen molar-refractivity contribution in [1.29, 1.82) is 0 Å². The number of benzene rings is 1. The molecule has 98 valence electrons. The van der Waals surface area contributed by atoms with Crippen molar-refractivity contribution in [3.8, 4) is 17.2 Å². The molecule has 0 saturated carbocycles. The summed E-state index contributed by atoms with van der Waals surface area (Å²) in [5, 5.41) is 0. The average molecular weight is 254 g/mol. The Kier molecular flexibility index (Phi) is 3.76. The second-order valence-electron chi connectivity index (χ2n) is 3.60. The molecule has 18 heavy (non-hydrogen) atoms. The molecular weight excluding hydrogens is 240 g/mol. The quantitative estimate of drug-likeness (QED) is 0.744. The molecule has 1 aliphatic heterocycles. The number of cyclic esters (lactones) is 2. The highest BCUT2D eigenvalue weighted by molar-refractivity contribution is 5.61. The zero-order valence-corrected chi connectivity index (χ0v) is 10.2. The van der Waals surface area contributed by atoms with E-state index in [1.807, 2.05) is 0 Å². The van der Waals surface area contributed by atoms with Crippen molar-refractivity contribution >= 4 is 6.16 Å². The van der Waals surface area contributed by atoms with E-state index < -0.39 is 12.3 Å². The van der Waals surface area contributed by atoms with Crippen molar-refractivity contribution in [1.82, 2.24) is 0 Å². The Bertz CT molecular complexity index is 408. The minimum atomic E-state index is -0.671.